The predicted octanol–water partition coefficient (Wildman–Crippen LogP) is 1.65. The van der Waals surface area contributed by atoms with Crippen LogP contribution in [0.5, 0.6) is 0 Å². The molecule has 3 aromatic rings. The quantitative estimate of drug-likeness (QED) is 0.400. The van der Waals surface area contributed by atoms with Crippen molar-refractivity contribution in [2.45, 2.75) is 43.6 Å². The molecule has 0 radical (unpaired) electrons. The Bertz CT molecular complexity index is 1530. The van der Waals surface area contributed by atoms with Crippen LogP contribution >= 0.6 is 0 Å². The van der Waals surface area contributed by atoms with E-state index in [1.165, 1.54) is 6.07 Å². The molecule has 2 fully saturated rings. The highest BCUT2D eigenvalue weighted by atomic mass is 19.1. The first-order valence-electron chi connectivity index (χ1n) is 14.9. The van der Waals surface area contributed by atoms with E-state index in [2.05, 4.69) is 44.0 Å². The van der Waals surface area contributed by atoms with Crippen LogP contribution in [0.15, 0.2) is 36.4 Å². The number of amides is 2. The molecule has 2 saturated heterocycles. The van der Waals surface area contributed by atoms with Gasteiger partial charge in [0, 0.05) is 38.3 Å². The summed E-state index contributed by atoms with van der Waals surface area (Å²) in [5, 5.41) is 28.1. The predicted molar refractivity (Wildman–Crippen MR) is 156 cm³/mol. The number of piperazine rings is 1. The third kappa shape index (κ3) is 5.50. The van der Waals surface area contributed by atoms with E-state index >= 15 is 0 Å². The standard InChI is InChI=1S/C31H36FN9O2/c1-39-13-15-40(16-14-39)29(43)23-6-8-26-21(17-23)4-5-22-18-24(32)7-9-27(22)31(26,30-35-37-38-36-30)10-11-34-20-28(42)41-12-2-3-25(41)19-33/h6-9,17-18,25,34H,2-5,10-16,20H2,1H3,(H,35,36,37,38). The van der Waals surface area contributed by atoms with Crippen molar-refractivity contribution in [1.82, 2.24) is 40.6 Å². The van der Waals surface area contributed by atoms with Crippen molar-refractivity contribution in [1.29, 1.82) is 5.26 Å². The number of aryl methyl sites for hydroxylation is 2. The lowest BCUT2D eigenvalue weighted by Crippen LogP contribution is -2.47. The highest BCUT2D eigenvalue weighted by Crippen LogP contribution is 2.46. The number of tetrazole rings is 1. The fourth-order valence-electron chi connectivity index (χ4n) is 6.88. The van der Waals surface area contributed by atoms with Crippen molar-refractivity contribution in [3.63, 3.8) is 0 Å². The van der Waals surface area contributed by atoms with Gasteiger partial charge in [0.15, 0.2) is 5.82 Å². The Hall–Kier alpha value is -4.21. The minimum atomic E-state index is -0.907. The number of hydrogen-bond acceptors (Lipinski definition) is 8. The third-order valence-electron chi connectivity index (χ3n) is 9.20. The van der Waals surface area contributed by atoms with Crippen LogP contribution in [0.4, 0.5) is 4.39 Å². The molecule has 43 heavy (non-hydrogen) atoms. The van der Waals surface area contributed by atoms with Crippen LogP contribution in [0.3, 0.4) is 0 Å². The summed E-state index contributed by atoms with van der Waals surface area (Å²) in [7, 11) is 2.06. The van der Waals surface area contributed by atoms with Crippen molar-refractivity contribution in [3.05, 3.63) is 75.9 Å². The lowest BCUT2D eigenvalue weighted by Gasteiger charge is -2.35. The zero-order chi connectivity index (χ0) is 30.0. The molecule has 1 aliphatic carbocycles. The number of rotatable bonds is 7. The molecule has 0 bridgehead atoms. The fraction of sp³-hybridized carbons (Fsp3) is 0.484. The molecule has 1 aromatic heterocycles. The van der Waals surface area contributed by atoms with E-state index in [4.69, 9.17) is 0 Å². The van der Waals surface area contributed by atoms with Gasteiger partial charge in [-0.15, -0.1) is 10.2 Å². The average Bonchev–Trinajstić information content (AvgIpc) is 3.72. The summed E-state index contributed by atoms with van der Waals surface area (Å²) in [6.45, 7) is 4.15. The Balaban J connectivity index is 1.34. The molecule has 11 nitrogen and oxygen atoms in total. The van der Waals surface area contributed by atoms with E-state index in [0.717, 1.165) is 41.8 Å². The Kier molecular flexibility index (Phi) is 8.19. The Morgan fingerprint density at radius 3 is 2.56 bits per heavy atom. The number of carbonyl (C=O) groups is 2. The van der Waals surface area contributed by atoms with Crippen LogP contribution in [-0.4, -0.2) is 106 Å². The van der Waals surface area contributed by atoms with Gasteiger partial charge in [-0.1, -0.05) is 17.3 Å². The molecule has 12 heteroatoms. The van der Waals surface area contributed by atoms with Crippen LogP contribution in [0.25, 0.3) is 0 Å². The van der Waals surface area contributed by atoms with E-state index in [1.54, 1.807) is 17.0 Å². The second-order valence-corrected chi connectivity index (χ2v) is 11.7. The van der Waals surface area contributed by atoms with E-state index in [0.29, 0.717) is 63.3 Å². The molecule has 2 N–H and O–H groups in total. The number of likely N-dealkylation sites (tertiary alicyclic amines) is 1. The second kappa shape index (κ2) is 12.2. The van der Waals surface area contributed by atoms with Gasteiger partial charge in [-0.05, 0) is 92.2 Å². The summed E-state index contributed by atoms with van der Waals surface area (Å²) in [4.78, 5) is 32.2. The number of aromatic nitrogens is 4. The highest BCUT2D eigenvalue weighted by Gasteiger charge is 2.44. The number of aromatic amines is 1. The lowest BCUT2D eigenvalue weighted by atomic mass is 9.69. The van der Waals surface area contributed by atoms with Gasteiger partial charge in [0.05, 0.1) is 18.0 Å². The van der Waals surface area contributed by atoms with Crippen LogP contribution in [0.2, 0.25) is 0 Å². The highest BCUT2D eigenvalue weighted by molar-refractivity contribution is 5.94. The molecule has 2 aliphatic heterocycles. The molecular formula is C31H36FN9O2. The van der Waals surface area contributed by atoms with Crippen LogP contribution < -0.4 is 5.32 Å². The molecule has 0 spiro atoms. The number of hydrogen-bond donors (Lipinski definition) is 2. The molecule has 6 rings (SSSR count). The van der Waals surface area contributed by atoms with Gasteiger partial charge in [-0.3, -0.25) is 9.59 Å². The number of fused-ring (bicyclic) bond motifs is 2. The van der Waals surface area contributed by atoms with E-state index in [9.17, 15) is 19.2 Å². The smallest absolute Gasteiger partial charge is 0.253 e. The summed E-state index contributed by atoms with van der Waals surface area (Å²) >= 11 is 0. The number of carbonyl (C=O) groups excluding carboxylic acids is 2. The zero-order valence-electron chi connectivity index (χ0n) is 24.4. The number of nitrogens with one attached hydrogen (secondary N) is 2. The van der Waals surface area contributed by atoms with Crippen molar-refractivity contribution in [3.8, 4) is 6.07 Å². The molecule has 224 valence electrons. The number of benzene rings is 2. The summed E-state index contributed by atoms with van der Waals surface area (Å²) in [5.41, 5.74) is 3.36. The van der Waals surface area contributed by atoms with Gasteiger partial charge in [0.25, 0.3) is 5.91 Å². The number of halogens is 1. The second-order valence-electron chi connectivity index (χ2n) is 11.7. The monoisotopic (exact) mass is 585 g/mol. The molecule has 2 atom stereocenters. The van der Waals surface area contributed by atoms with Crippen molar-refractivity contribution < 1.29 is 14.0 Å². The SMILES string of the molecule is CN1CCN(C(=O)c2ccc3c(c2)CCc2cc(F)ccc2C3(CCNCC(=O)N2CCCC2C#N)c2nn[nH]n2)CC1. The molecular weight excluding hydrogens is 549 g/mol. The van der Waals surface area contributed by atoms with E-state index in [1.807, 2.05) is 23.1 Å². The summed E-state index contributed by atoms with van der Waals surface area (Å²) < 4.78 is 14.6. The maximum Gasteiger partial charge on any atom is 0.253 e. The Morgan fingerprint density at radius 2 is 1.84 bits per heavy atom. The van der Waals surface area contributed by atoms with Gasteiger partial charge >= 0.3 is 0 Å². The maximum absolute atomic E-state index is 14.6. The van der Waals surface area contributed by atoms with Gasteiger partial charge in [-0.2, -0.15) is 10.5 Å². The summed E-state index contributed by atoms with van der Waals surface area (Å²) in [5.74, 6) is 0.0259. The summed E-state index contributed by atoms with van der Waals surface area (Å²) in [6.07, 6.45) is 3.19. The first kappa shape index (κ1) is 28.9. The third-order valence-corrected chi connectivity index (χ3v) is 9.20. The average molecular weight is 586 g/mol. The number of nitriles is 1. The lowest BCUT2D eigenvalue weighted by molar-refractivity contribution is -0.130. The van der Waals surface area contributed by atoms with Gasteiger partial charge in [0.2, 0.25) is 5.91 Å². The zero-order valence-corrected chi connectivity index (χ0v) is 24.4. The molecule has 2 amide bonds. The first-order chi connectivity index (χ1) is 20.9. The molecule has 0 saturated carbocycles. The van der Waals surface area contributed by atoms with E-state index < -0.39 is 5.41 Å². The maximum atomic E-state index is 14.6. The Labute approximate surface area is 250 Å². The normalized spacial score (nSPS) is 22.0. The molecule has 3 heterocycles. The first-order valence-corrected chi connectivity index (χ1v) is 14.9. The fourth-order valence-corrected chi connectivity index (χ4v) is 6.88. The largest absolute Gasteiger partial charge is 0.336 e. The van der Waals surface area contributed by atoms with Crippen molar-refractivity contribution in [2.24, 2.45) is 0 Å². The minimum absolute atomic E-state index is 0.00614. The number of nitrogens with zero attached hydrogens (tertiary/aromatic N) is 7. The van der Waals surface area contributed by atoms with Gasteiger partial charge in [0.1, 0.15) is 11.9 Å². The minimum Gasteiger partial charge on any atom is -0.336 e. The van der Waals surface area contributed by atoms with Crippen molar-refractivity contribution in [2.75, 3.05) is 52.9 Å². The van der Waals surface area contributed by atoms with Crippen LogP contribution in [0.1, 0.15) is 57.7 Å². The number of likely N-dealkylation sites (N-methyl/N-ethyl adjacent to an activating group) is 1. The van der Waals surface area contributed by atoms with Gasteiger partial charge in [-0.25, -0.2) is 4.39 Å². The van der Waals surface area contributed by atoms with Crippen LogP contribution in [0, 0.1) is 17.1 Å². The molecule has 2 aromatic carbocycles. The van der Waals surface area contributed by atoms with E-state index in [-0.39, 0.29) is 30.2 Å². The van der Waals surface area contributed by atoms with Gasteiger partial charge < -0.3 is 20.0 Å². The number of H-pyrrole nitrogens is 1. The van der Waals surface area contributed by atoms with Crippen LogP contribution in [-0.2, 0) is 23.1 Å². The topological polar surface area (TPSA) is 134 Å². The molecule has 3 aliphatic rings. The Morgan fingerprint density at radius 1 is 1.09 bits per heavy atom. The van der Waals surface area contributed by atoms with Crippen molar-refractivity contribution >= 4 is 11.8 Å². The molecule has 2 unspecified atom stereocenters. The summed E-state index contributed by atoms with van der Waals surface area (Å²) in [6, 6.07) is 12.5.